The number of hydrogen-bond acceptors (Lipinski definition) is 6. The van der Waals surface area contributed by atoms with E-state index in [-0.39, 0.29) is 17.5 Å². The van der Waals surface area contributed by atoms with Gasteiger partial charge in [-0.1, -0.05) is 12.1 Å². The molecule has 29 heavy (non-hydrogen) atoms. The summed E-state index contributed by atoms with van der Waals surface area (Å²) in [7, 11) is 1.50. The molecule has 0 aliphatic carbocycles. The molecule has 2 amide bonds. The number of nitrogens with one attached hydrogen (secondary N) is 2. The van der Waals surface area contributed by atoms with E-state index in [2.05, 4.69) is 15.5 Å². The second-order valence-electron chi connectivity index (χ2n) is 6.90. The van der Waals surface area contributed by atoms with E-state index in [0.717, 1.165) is 25.1 Å². The van der Waals surface area contributed by atoms with E-state index in [1.165, 1.54) is 7.11 Å². The fraction of sp³-hybridized carbons (Fsp3) is 0.286. The fourth-order valence-corrected chi connectivity index (χ4v) is 3.71. The minimum absolute atomic E-state index is 0.0586. The van der Waals surface area contributed by atoms with Crippen LogP contribution in [0.4, 0.5) is 17.1 Å². The molecule has 1 saturated heterocycles. The minimum Gasteiger partial charge on any atom is -0.495 e. The Kier molecular flexibility index (Phi) is 5.07. The quantitative estimate of drug-likeness (QED) is 0.755. The second-order valence-corrected chi connectivity index (χ2v) is 6.90. The molecule has 1 fully saturated rings. The molecule has 1 atom stereocenters. The van der Waals surface area contributed by atoms with E-state index in [9.17, 15) is 14.4 Å². The Morgan fingerprint density at radius 3 is 2.90 bits per heavy atom. The summed E-state index contributed by atoms with van der Waals surface area (Å²) in [5.74, 6) is -0.663. The Labute approximate surface area is 167 Å². The smallest absolute Gasteiger partial charge is 0.338 e. The molecule has 0 radical (unpaired) electrons. The van der Waals surface area contributed by atoms with E-state index < -0.39 is 18.5 Å². The Bertz CT molecular complexity index is 975. The highest BCUT2D eigenvalue weighted by Crippen LogP contribution is 2.37. The van der Waals surface area contributed by atoms with Crippen molar-refractivity contribution in [2.24, 2.45) is 0 Å². The van der Waals surface area contributed by atoms with Crippen molar-refractivity contribution in [3.8, 4) is 5.75 Å². The Balaban J connectivity index is 1.40. The van der Waals surface area contributed by atoms with Crippen molar-refractivity contribution in [2.45, 2.75) is 18.9 Å². The average molecular weight is 395 g/mol. The number of nitrogens with zero attached hydrogens (tertiary/aromatic N) is 1. The van der Waals surface area contributed by atoms with Crippen molar-refractivity contribution in [2.75, 3.05) is 35.8 Å². The molecule has 8 nitrogen and oxygen atoms in total. The Morgan fingerprint density at radius 1 is 1.24 bits per heavy atom. The first-order valence-corrected chi connectivity index (χ1v) is 9.38. The van der Waals surface area contributed by atoms with Gasteiger partial charge in [-0.25, -0.2) is 4.79 Å². The molecule has 150 valence electrons. The van der Waals surface area contributed by atoms with Gasteiger partial charge in [-0.3, -0.25) is 9.59 Å². The molecule has 2 heterocycles. The lowest BCUT2D eigenvalue weighted by Crippen LogP contribution is -2.43. The second kappa shape index (κ2) is 7.83. The lowest BCUT2D eigenvalue weighted by atomic mass is 10.1. The molecule has 0 bridgehead atoms. The zero-order valence-corrected chi connectivity index (χ0v) is 15.9. The van der Waals surface area contributed by atoms with Crippen LogP contribution < -0.4 is 20.3 Å². The number of methoxy groups -OCH3 is 1. The highest BCUT2D eigenvalue weighted by atomic mass is 16.5. The van der Waals surface area contributed by atoms with Gasteiger partial charge in [0.1, 0.15) is 11.8 Å². The van der Waals surface area contributed by atoms with Gasteiger partial charge in [0, 0.05) is 6.54 Å². The molecule has 0 saturated carbocycles. The van der Waals surface area contributed by atoms with Gasteiger partial charge in [0.2, 0.25) is 5.91 Å². The molecule has 2 aliphatic heterocycles. The summed E-state index contributed by atoms with van der Waals surface area (Å²) in [4.78, 5) is 38.8. The zero-order valence-electron chi connectivity index (χ0n) is 15.9. The largest absolute Gasteiger partial charge is 0.495 e. The predicted octanol–water partition coefficient (Wildman–Crippen LogP) is 2.41. The molecule has 8 heteroatoms. The lowest BCUT2D eigenvalue weighted by Gasteiger charge is -2.33. The van der Waals surface area contributed by atoms with Crippen LogP contribution in [-0.2, 0) is 14.3 Å². The maximum atomic E-state index is 12.4. The number of benzene rings is 2. The van der Waals surface area contributed by atoms with Gasteiger partial charge < -0.3 is 25.0 Å². The van der Waals surface area contributed by atoms with Gasteiger partial charge in [0.05, 0.1) is 29.7 Å². The molecule has 2 aliphatic rings. The van der Waals surface area contributed by atoms with Crippen LogP contribution in [0, 0.1) is 0 Å². The SMILES string of the molecule is COc1ccccc1NC(=O)COC(=O)c1ccc2c(c1)NC(=O)[C@@H]1CCCN21. The predicted molar refractivity (Wildman–Crippen MR) is 107 cm³/mol. The third kappa shape index (κ3) is 3.73. The molecule has 2 aromatic carbocycles. The van der Waals surface area contributed by atoms with Crippen molar-refractivity contribution >= 4 is 34.8 Å². The van der Waals surface area contributed by atoms with E-state index in [1.54, 1.807) is 42.5 Å². The van der Waals surface area contributed by atoms with E-state index in [0.29, 0.717) is 17.1 Å². The summed E-state index contributed by atoms with van der Waals surface area (Å²) < 4.78 is 10.3. The number of anilines is 3. The van der Waals surface area contributed by atoms with Crippen LogP contribution >= 0.6 is 0 Å². The van der Waals surface area contributed by atoms with E-state index in [1.807, 2.05) is 0 Å². The number of ether oxygens (including phenoxy) is 2. The number of carbonyl (C=O) groups excluding carboxylic acids is 3. The third-order valence-electron chi connectivity index (χ3n) is 5.07. The van der Waals surface area contributed by atoms with Crippen LogP contribution in [0.2, 0.25) is 0 Å². The van der Waals surface area contributed by atoms with Crippen LogP contribution in [0.15, 0.2) is 42.5 Å². The standard InChI is InChI=1S/C21H21N3O5/c1-28-18-7-3-2-5-14(18)22-19(25)12-29-21(27)13-8-9-16-15(11-13)23-20(26)17-6-4-10-24(16)17/h2-3,5,7-9,11,17H,4,6,10,12H2,1H3,(H,22,25)(H,23,26)/t17-/m0/s1. The molecule has 0 spiro atoms. The maximum absolute atomic E-state index is 12.4. The summed E-state index contributed by atoms with van der Waals surface area (Å²) in [5, 5.41) is 5.50. The number of fused-ring (bicyclic) bond motifs is 3. The highest BCUT2D eigenvalue weighted by Gasteiger charge is 2.36. The first-order valence-electron chi connectivity index (χ1n) is 9.38. The van der Waals surface area contributed by atoms with Gasteiger partial charge in [-0.15, -0.1) is 0 Å². The van der Waals surface area contributed by atoms with Crippen molar-refractivity contribution in [1.82, 2.24) is 0 Å². The molecule has 4 rings (SSSR count). The van der Waals surface area contributed by atoms with Gasteiger partial charge >= 0.3 is 5.97 Å². The van der Waals surface area contributed by atoms with Crippen molar-refractivity contribution in [3.63, 3.8) is 0 Å². The van der Waals surface area contributed by atoms with Crippen LogP contribution in [0.25, 0.3) is 0 Å². The van der Waals surface area contributed by atoms with E-state index >= 15 is 0 Å². The number of carbonyl (C=O) groups is 3. The van der Waals surface area contributed by atoms with Gasteiger partial charge in [-0.05, 0) is 43.2 Å². The average Bonchev–Trinajstić information content (AvgIpc) is 3.23. The van der Waals surface area contributed by atoms with Crippen molar-refractivity contribution in [1.29, 1.82) is 0 Å². The highest BCUT2D eigenvalue weighted by molar-refractivity contribution is 6.05. The summed E-state index contributed by atoms with van der Waals surface area (Å²) in [6.07, 6.45) is 1.79. The number of rotatable bonds is 5. The number of esters is 1. The Hall–Kier alpha value is -3.55. The molecule has 0 unspecified atom stereocenters. The normalized spacial score (nSPS) is 17.1. The molecule has 2 N–H and O–H groups in total. The first kappa shape index (κ1) is 18.8. The monoisotopic (exact) mass is 395 g/mol. The third-order valence-corrected chi connectivity index (χ3v) is 5.07. The lowest BCUT2D eigenvalue weighted by molar-refractivity contribution is -0.119. The zero-order chi connectivity index (χ0) is 20.4. The summed E-state index contributed by atoms with van der Waals surface area (Å²) >= 11 is 0. The molecular weight excluding hydrogens is 374 g/mol. The summed E-state index contributed by atoms with van der Waals surface area (Å²) in [6.45, 7) is 0.381. The fourth-order valence-electron chi connectivity index (χ4n) is 3.71. The van der Waals surface area contributed by atoms with Crippen molar-refractivity contribution in [3.05, 3.63) is 48.0 Å². The van der Waals surface area contributed by atoms with Gasteiger partial charge in [0.15, 0.2) is 6.61 Å². The first-order chi connectivity index (χ1) is 14.1. The number of amides is 2. The van der Waals surface area contributed by atoms with Crippen molar-refractivity contribution < 1.29 is 23.9 Å². The van der Waals surface area contributed by atoms with Crippen LogP contribution in [0.1, 0.15) is 23.2 Å². The summed E-state index contributed by atoms with van der Waals surface area (Å²) in [5.41, 5.74) is 2.25. The molecule has 2 aromatic rings. The van der Waals surface area contributed by atoms with Crippen LogP contribution in [0.3, 0.4) is 0 Å². The van der Waals surface area contributed by atoms with Crippen LogP contribution in [0.5, 0.6) is 5.75 Å². The van der Waals surface area contributed by atoms with Gasteiger partial charge in [-0.2, -0.15) is 0 Å². The maximum Gasteiger partial charge on any atom is 0.338 e. The number of hydrogen-bond donors (Lipinski definition) is 2. The van der Waals surface area contributed by atoms with Gasteiger partial charge in [0.25, 0.3) is 5.91 Å². The number of para-hydroxylation sites is 2. The minimum atomic E-state index is -0.638. The molecular formula is C21H21N3O5. The summed E-state index contributed by atoms with van der Waals surface area (Å²) in [6, 6.07) is 11.8. The topological polar surface area (TPSA) is 97.0 Å². The Morgan fingerprint density at radius 2 is 2.07 bits per heavy atom. The molecule has 0 aromatic heterocycles. The van der Waals surface area contributed by atoms with E-state index in [4.69, 9.17) is 9.47 Å². The van der Waals surface area contributed by atoms with Crippen LogP contribution in [-0.4, -0.2) is 44.1 Å².